The van der Waals surface area contributed by atoms with E-state index in [1.165, 1.54) is 0 Å². The maximum Gasteiger partial charge on any atom is 0.337 e. The maximum atomic E-state index is 12.0. The lowest BCUT2D eigenvalue weighted by Crippen LogP contribution is -2.40. The van der Waals surface area contributed by atoms with Gasteiger partial charge in [-0.1, -0.05) is 11.6 Å². The molecular weight excluding hydrogens is 276 g/mol. The van der Waals surface area contributed by atoms with Gasteiger partial charge in [0.2, 0.25) is 5.91 Å². The van der Waals surface area contributed by atoms with Gasteiger partial charge in [-0.15, -0.1) is 0 Å². The van der Waals surface area contributed by atoms with Crippen molar-refractivity contribution in [1.29, 1.82) is 0 Å². The number of hydrogen-bond acceptors (Lipinski definition) is 4. The summed E-state index contributed by atoms with van der Waals surface area (Å²) in [6.07, 6.45) is 0.361. The van der Waals surface area contributed by atoms with Gasteiger partial charge in [0.25, 0.3) is 0 Å². The Hall–Kier alpha value is -1.53. The van der Waals surface area contributed by atoms with Crippen LogP contribution in [0.3, 0.4) is 0 Å². The molecule has 1 aliphatic rings. The highest BCUT2D eigenvalue weighted by Gasteiger charge is 2.18. The summed E-state index contributed by atoms with van der Waals surface area (Å²) in [6.45, 7) is 2.73. The lowest BCUT2D eigenvalue weighted by molar-refractivity contribution is -0.116. The molecule has 1 heterocycles. The monoisotopic (exact) mass is 294 g/mol. The first-order valence-corrected chi connectivity index (χ1v) is 7.66. The standard InChI is InChI=1S/C14H18N2O3S/c1-9-2-3-12(11(6-9)14(18)19)16-13(17)7-10-8-20-5-4-15-10/h2-3,6,10,15H,4-5,7-8H2,1H3,(H,16,17)(H,18,19). The zero-order chi connectivity index (χ0) is 14.5. The highest BCUT2D eigenvalue weighted by Crippen LogP contribution is 2.18. The van der Waals surface area contributed by atoms with Crippen molar-refractivity contribution >= 4 is 29.3 Å². The molecule has 0 aliphatic carbocycles. The number of aromatic carboxylic acids is 1. The minimum Gasteiger partial charge on any atom is -0.478 e. The van der Waals surface area contributed by atoms with Crippen LogP contribution in [-0.2, 0) is 4.79 Å². The third kappa shape index (κ3) is 3.98. The van der Waals surface area contributed by atoms with Gasteiger partial charge in [0, 0.05) is 30.5 Å². The van der Waals surface area contributed by atoms with Gasteiger partial charge in [0.05, 0.1) is 11.3 Å². The number of carboxylic acids is 1. The smallest absolute Gasteiger partial charge is 0.337 e. The summed E-state index contributed by atoms with van der Waals surface area (Å²) in [4.78, 5) is 23.2. The fraction of sp³-hybridized carbons (Fsp3) is 0.429. The second-order valence-corrected chi connectivity index (χ2v) is 5.98. The summed E-state index contributed by atoms with van der Waals surface area (Å²) in [7, 11) is 0. The quantitative estimate of drug-likeness (QED) is 0.788. The van der Waals surface area contributed by atoms with Crippen LogP contribution in [0, 0.1) is 6.92 Å². The van der Waals surface area contributed by atoms with Gasteiger partial charge in [-0.2, -0.15) is 11.8 Å². The molecule has 2 rings (SSSR count). The molecule has 1 aromatic carbocycles. The summed E-state index contributed by atoms with van der Waals surface area (Å²) >= 11 is 1.82. The zero-order valence-electron chi connectivity index (χ0n) is 11.3. The van der Waals surface area contributed by atoms with Crippen LogP contribution in [0.2, 0.25) is 0 Å². The van der Waals surface area contributed by atoms with Gasteiger partial charge in [-0.05, 0) is 19.1 Å². The zero-order valence-corrected chi connectivity index (χ0v) is 12.1. The van der Waals surface area contributed by atoms with E-state index in [1.54, 1.807) is 18.2 Å². The van der Waals surface area contributed by atoms with Crippen LogP contribution in [0.15, 0.2) is 18.2 Å². The van der Waals surface area contributed by atoms with E-state index in [2.05, 4.69) is 10.6 Å². The lowest BCUT2D eigenvalue weighted by atomic mass is 10.1. The van der Waals surface area contributed by atoms with Crippen molar-refractivity contribution in [3.63, 3.8) is 0 Å². The molecule has 1 fully saturated rings. The second-order valence-electron chi connectivity index (χ2n) is 4.83. The summed E-state index contributed by atoms with van der Waals surface area (Å²) in [5.41, 5.74) is 1.34. The topological polar surface area (TPSA) is 78.4 Å². The van der Waals surface area contributed by atoms with E-state index >= 15 is 0 Å². The number of nitrogens with one attached hydrogen (secondary N) is 2. The van der Waals surface area contributed by atoms with Gasteiger partial charge in [-0.25, -0.2) is 4.79 Å². The maximum absolute atomic E-state index is 12.0. The lowest BCUT2D eigenvalue weighted by Gasteiger charge is -2.22. The number of thioether (sulfide) groups is 1. The number of aryl methyl sites for hydroxylation is 1. The SMILES string of the molecule is Cc1ccc(NC(=O)CC2CSCCN2)c(C(=O)O)c1. The summed E-state index contributed by atoms with van der Waals surface area (Å²) in [6, 6.07) is 5.15. The molecule has 1 unspecified atom stereocenters. The van der Waals surface area contributed by atoms with E-state index in [1.807, 2.05) is 18.7 Å². The minimum absolute atomic E-state index is 0.129. The number of carbonyl (C=O) groups excluding carboxylic acids is 1. The first-order chi connectivity index (χ1) is 9.56. The van der Waals surface area contributed by atoms with Crippen molar-refractivity contribution in [1.82, 2.24) is 5.32 Å². The Balaban J connectivity index is 2.01. The van der Waals surface area contributed by atoms with Crippen molar-refractivity contribution in [2.75, 3.05) is 23.4 Å². The molecule has 0 saturated carbocycles. The van der Waals surface area contributed by atoms with E-state index in [9.17, 15) is 9.59 Å². The number of benzene rings is 1. The van der Waals surface area contributed by atoms with E-state index in [-0.39, 0.29) is 17.5 Å². The van der Waals surface area contributed by atoms with Crippen molar-refractivity contribution in [3.05, 3.63) is 29.3 Å². The number of rotatable bonds is 4. The predicted octanol–water partition coefficient (Wildman–Crippen LogP) is 1.73. The molecule has 0 radical (unpaired) electrons. The third-order valence-corrected chi connectivity index (χ3v) is 4.24. The fourth-order valence-corrected chi connectivity index (χ4v) is 3.07. The van der Waals surface area contributed by atoms with Crippen molar-refractivity contribution in [3.8, 4) is 0 Å². The van der Waals surface area contributed by atoms with Crippen LogP contribution in [0.4, 0.5) is 5.69 Å². The van der Waals surface area contributed by atoms with Crippen LogP contribution >= 0.6 is 11.8 Å². The molecule has 1 aromatic rings. The largest absolute Gasteiger partial charge is 0.478 e. The molecule has 1 amide bonds. The molecule has 5 nitrogen and oxygen atoms in total. The molecule has 3 N–H and O–H groups in total. The van der Waals surface area contributed by atoms with E-state index in [4.69, 9.17) is 5.11 Å². The minimum atomic E-state index is -1.03. The van der Waals surface area contributed by atoms with Gasteiger partial charge >= 0.3 is 5.97 Å². The number of carbonyl (C=O) groups is 2. The summed E-state index contributed by atoms with van der Waals surface area (Å²) < 4.78 is 0. The Bertz CT molecular complexity index is 513. The normalized spacial score (nSPS) is 18.6. The molecule has 1 atom stereocenters. The Morgan fingerprint density at radius 2 is 2.30 bits per heavy atom. The molecule has 1 saturated heterocycles. The Morgan fingerprint density at radius 3 is 2.95 bits per heavy atom. The van der Waals surface area contributed by atoms with Gasteiger partial charge in [-0.3, -0.25) is 4.79 Å². The van der Waals surface area contributed by atoms with Crippen LogP contribution in [-0.4, -0.2) is 41.1 Å². The van der Waals surface area contributed by atoms with Gasteiger partial charge in [0.15, 0.2) is 0 Å². The molecule has 20 heavy (non-hydrogen) atoms. The first kappa shape index (κ1) is 14.9. The highest BCUT2D eigenvalue weighted by atomic mass is 32.2. The fourth-order valence-electron chi connectivity index (χ4n) is 2.12. The van der Waals surface area contributed by atoms with Crippen LogP contribution < -0.4 is 10.6 Å². The van der Waals surface area contributed by atoms with E-state index < -0.39 is 5.97 Å². The second kappa shape index (κ2) is 6.76. The van der Waals surface area contributed by atoms with Crippen LogP contribution in [0.1, 0.15) is 22.3 Å². The third-order valence-electron chi connectivity index (χ3n) is 3.11. The molecular formula is C14H18N2O3S. The highest BCUT2D eigenvalue weighted by molar-refractivity contribution is 7.99. The molecule has 108 valence electrons. The van der Waals surface area contributed by atoms with E-state index in [0.717, 1.165) is 23.6 Å². The molecule has 1 aliphatic heterocycles. The molecule has 0 spiro atoms. The average molecular weight is 294 g/mol. The number of amides is 1. The van der Waals surface area contributed by atoms with Crippen LogP contribution in [0.5, 0.6) is 0 Å². The number of anilines is 1. The number of hydrogen-bond donors (Lipinski definition) is 3. The van der Waals surface area contributed by atoms with Crippen LogP contribution in [0.25, 0.3) is 0 Å². The van der Waals surface area contributed by atoms with Crippen molar-refractivity contribution in [2.45, 2.75) is 19.4 Å². The summed E-state index contributed by atoms with van der Waals surface area (Å²) in [5, 5.41) is 15.1. The summed E-state index contributed by atoms with van der Waals surface area (Å²) in [5.74, 6) is 0.790. The first-order valence-electron chi connectivity index (χ1n) is 6.51. The Kier molecular flexibility index (Phi) is 5.03. The van der Waals surface area contributed by atoms with E-state index in [0.29, 0.717) is 12.1 Å². The van der Waals surface area contributed by atoms with Gasteiger partial charge in [0.1, 0.15) is 0 Å². The van der Waals surface area contributed by atoms with Gasteiger partial charge < -0.3 is 15.7 Å². The Morgan fingerprint density at radius 1 is 1.50 bits per heavy atom. The molecule has 0 bridgehead atoms. The molecule has 6 heteroatoms. The molecule has 0 aromatic heterocycles. The average Bonchev–Trinajstić information content (AvgIpc) is 2.41. The Labute approximate surface area is 122 Å². The van der Waals surface area contributed by atoms with Crippen molar-refractivity contribution < 1.29 is 14.7 Å². The number of carboxylic acid groups (broad SMARTS) is 1. The van der Waals surface area contributed by atoms with Crippen molar-refractivity contribution in [2.24, 2.45) is 0 Å². The predicted molar refractivity (Wildman–Crippen MR) is 80.5 cm³/mol.